The number of nitrogens with zero attached hydrogens (tertiary/aromatic N) is 1. The molecule has 8 nitrogen and oxygen atoms in total. The zero-order valence-corrected chi connectivity index (χ0v) is 17.2. The molecule has 1 saturated carbocycles. The van der Waals surface area contributed by atoms with Crippen LogP contribution in [0, 0.1) is 11.8 Å². The summed E-state index contributed by atoms with van der Waals surface area (Å²) < 4.78 is 16.0. The number of benzene rings is 1. The van der Waals surface area contributed by atoms with Crippen LogP contribution in [0.1, 0.15) is 37.7 Å². The lowest BCUT2D eigenvalue weighted by molar-refractivity contribution is -0.144. The lowest BCUT2D eigenvalue weighted by Crippen LogP contribution is -2.44. The van der Waals surface area contributed by atoms with Crippen molar-refractivity contribution in [1.82, 2.24) is 10.2 Å². The monoisotopic (exact) mass is 416 g/mol. The predicted molar refractivity (Wildman–Crippen MR) is 107 cm³/mol. The lowest BCUT2D eigenvalue weighted by atomic mass is 9.95. The van der Waals surface area contributed by atoms with Crippen LogP contribution in [0.5, 0.6) is 11.5 Å². The molecule has 4 rings (SSSR count). The molecule has 0 spiro atoms. The van der Waals surface area contributed by atoms with Gasteiger partial charge in [0.05, 0.1) is 6.61 Å². The summed E-state index contributed by atoms with van der Waals surface area (Å²) in [5.74, 6) is 1.16. The standard InChI is InChI=1S/C22H28N2O6/c1-2-28-20(25)13-23-21(26)14-5-7-24(8-6-14)22(27)17-12-16(17)15-3-4-18-19(11-15)30-10-9-29-18/h3-4,11,14,16-17H,2,5-10,12-13H2,1H3,(H,23,26)/t16-,17+/m1/s1. The predicted octanol–water partition coefficient (Wildman–Crippen LogP) is 1.48. The first-order chi connectivity index (χ1) is 14.6. The molecule has 2 fully saturated rings. The minimum absolute atomic E-state index is 0.00162. The van der Waals surface area contributed by atoms with Crippen LogP contribution >= 0.6 is 0 Å². The molecule has 0 radical (unpaired) electrons. The van der Waals surface area contributed by atoms with Gasteiger partial charge in [-0.3, -0.25) is 14.4 Å². The van der Waals surface area contributed by atoms with Crippen molar-refractivity contribution in [2.24, 2.45) is 11.8 Å². The van der Waals surface area contributed by atoms with E-state index in [-0.39, 0.29) is 36.1 Å². The Hall–Kier alpha value is -2.77. The summed E-state index contributed by atoms with van der Waals surface area (Å²) in [6, 6.07) is 5.93. The topological polar surface area (TPSA) is 94.2 Å². The van der Waals surface area contributed by atoms with Crippen LogP contribution in [0.3, 0.4) is 0 Å². The van der Waals surface area contributed by atoms with E-state index in [9.17, 15) is 14.4 Å². The molecule has 2 amide bonds. The zero-order chi connectivity index (χ0) is 21.1. The van der Waals surface area contributed by atoms with Gasteiger partial charge in [0.1, 0.15) is 19.8 Å². The second kappa shape index (κ2) is 8.93. The minimum Gasteiger partial charge on any atom is -0.486 e. The van der Waals surface area contributed by atoms with Crippen LogP contribution in [-0.4, -0.2) is 62.1 Å². The number of nitrogens with one attached hydrogen (secondary N) is 1. The Morgan fingerprint density at radius 3 is 2.60 bits per heavy atom. The molecule has 0 aromatic heterocycles. The molecule has 0 bridgehead atoms. The smallest absolute Gasteiger partial charge is 0.325 e. The number of amides is 2. The van der Waals surface area contributed by atoms with Crippen LogP contribution in [0.2, 0.25) is 0 Å². The van der Waals surface area contributed by atoms with Gasteiger partial charge in [-0.15, -0.1) is 0 Å². The largest absolute Gasteiger partial charge is 0.486 e. The molecular formula is C22H28N2O6. The van der Waals surface area contributed by atoms with Gasteiger partial charge in [0.15, 0.2) is 11.5 Å². The van der Waals surface area contributed by atoms with Crippen molar-refractivity contribution in [2.45, 2.75) is 32.1 Å². The van der Waals surface area contributed by atoms with Gasteiger partial charge in [-0.1, -0.05) is 6.07 Å². The first-order valence-corrected chi connectivity index (χ1v) is 10.7. The Balaban J connectivity index is 1.24. The summed E-state index contributed by atoms with van der Waals surface area (Å²) in [5.41, 5.74) is 1.12. The van der Waals surface area contributed by atoms with E-state index in [0.717, 1.165) is 23.5 Å². The Bertz CT molecular complexity index is 818. The van der Waals surface area contributed by atoms with E-state index in [4.69, 9.17) is 14.2 Å². The Labute approximate surface area is 175 Å². The van der Waals surface area contributed by atoms with Crippen molar-refractivity contribution in [1.29, 1.82) is 0 Å². The summed E-state index contributed by atoms with van der Waals surface area (Å²) in [6.45, 7) is 4.17. The molecule has 1 N–H and O–H groups in total. The molecule has 1 aliphatic carbocycles. The van der Waals surface area contributed by atoms with Crippen molar-refractivity contribution < 1.29 is 28.6 Å². The average Bonchev–Trinajstić information content (AvgIpc) is 3.58. The third kappa shape index (κ3) is 4.52. The molecule has 1 saturated heterocycles. The number of carbonyl (C=O) groups excluding carboxylic acids is 3. The minimum atomic E-state index is -0.433. The van der Waals surface area contributed by atoms with E-state index >= 15 is 0 Å². The molecule has 2 atom stereocenters. The van der Waals surface area contributed by atoms with E-state index in [0.29, 0.717) is 45.8 Å². The zero-order valence-electron chi connectivity index (χ0n) is 17.2. The van der Waals surface area contributed by atoms with Crippen molar-refractivity contribution in [3.05, 3.63) is 23.8 Å². The molecule has 30 heavy (non-hydrogen) atoms. The molecule has 1 aromatic carbocycles. The van der Waals surface area contributed by atoms with E-state index < -0.39 is 5.97 Å². The maximum Gasteiger partial charge on any atom is 0.325 e. The molecule has 3 aliphatic rings. The van der Waals surface area contributed by atoms with Crippen LogP contribution in [0.4, 0.5) is 0 Å². The van der Waals surface area contributed by atoms with Gasteiger partial charge in [0.2, 0.25) is 11.8 Å². The number of esters is 1. The van der Waals surface area contributed by atoms with Gasteiger partial charge in [0.25, 0.3) is 0 Å². The average molecular weight is 416 g/mol. The van der Waals surface area contributed by atoms with Crippen LogP contribution in [0.25, 0.3) is 0 Å². The molecule has 2 heterocycles. The number of fused-ring (bicyclic) bond motifs is 1. The highest BCUT2D eigenvalue weighted by atomic mass is 16.6. The number of rotatable bonds is 6. The van der Waals surface area contributed by atoms with E-state index in [2.05, 4.69) is 5.32 Å². The van der Waals surface area contributed by atoms with E-state index in [1.165, 1.54) is 0 Å². The molecular weight excluding hydrogens is 388 g/mol. The summed E-state index contributed by atoms with van der Waals surface area (Å²) in [5, 5.41) is 2.63. The fourth-order valence-electron chi connectivity index (χ4n) is 4.24. The number of ether oxygens (including phenoxy) is 3. The number of likely N-dealkylation sites (tertiary alicyclic amines) is 1. The number of hydrogen-bond acceptors (Lipinski definition) is 6. The summed E-state index contributed by atoms with van der Waals surface area (Å²) in [4.78, 5) is 38.4. The Morgan fingerprint density at radius 2 is 1.87 bits per heavy atom. The SMILES string of the molecule is CCOC(=O)CNC(=O)C1CCN(C(=O)[C@H]2C[C@@H]2c2ccc3c(c2)OCCO3)CC1. The second-order valence-electron chi connectivity index (χ2n) is 7.97. The third-order valence-corrected chi connectivity index (χ3v) is 5.99. The summed E-state index contributed by atoms with van der Waals surface area (Å²) >= 11 is 0. The Kier molecular flexibility index (Phi) is 6.11. The van der Waals surface area contributed by atoms with Crippen molar-refractivity contribution in [3.63, 3.8) is 0 Å². The number of carbonyl (C=O) groups is 3. The summed E-state index contributed by atoms with van der Waals surface area (Å²) in [6.07, 6.45) is 2.07. The first-order valence-electron chi connectivity index (χ1n) is 10.7. The third-order valence-electron chi connectivity index (χ3n) is 5.99. The quantitative estimate of drug-likeness (QED) is 0.706. The van der Waals surface area contributed by atoms with Gasteiger partial charge in [-0.25, -0.2) is 0 Å². The fraction of sp³-hybridized carbons (Fsp3) is 0.591. The van der Waals surface area contributed by atoms with Gasteiger partial charge in [-0.2, -0.15) is 0 Å². The van der Waals surface area contributed by atoms with Crippen LogP contribution in [0.15, 0.2) is 18.2 Å². The Morgan fingerprint density at radius 1 is 1.13 bits per heavy atom. The molecule has 2 aliphatic heterocycles. The molecule has 1 aromatic rings. The van der Waals surface area contributed by atoms with E-state index in [1.807, 2.05) is 23.1 Å². The van der Waals surface area contributed by atoms with Crippen molar-refractivity contribution >= 4 is 17.8 Å². The number of hydrogen-bond donors (Lipinski definition) is 1. The highest BCUT2D eigenvalue weighted by Crippen LogP contribution is 2.50. The molecule has 162 valence electrons. The second-order valence-corrected chi connectivity index (χ2v) is 7.97. The normalized spacial score (nSPS) is 22.9. The van der Waals surface area contributed by atoms with Gasteiger partial charge in [0, 0.05) is 24.9 Å². The lowest BCUT2D eigenvalue weighted by Gasteiger charge is -2.31. The maximum atomic E-state index is 12.9. The van der Waals surface area contributed by atoms with Crippen molar-refractivity contribution in [3.8, 4) is 11.5 Å². The van der Waals surface area contributed by atoms with Gasteiger partial charge >= 0.3 is 5.97 Å². The fourth-order valence-corrected chi connectivity index (χ4v) is 4.24. The highest BCUT2D eigenvalue weighted by molar-refractivity contribution is 5.85. The summed E-state index contributed by atoms with van der Waals surface area (Å²) in [7, 11) is 0. The van der Waals surface area contributed by atoms with Gasteiger partial charge < -0.3 is 24.4 Å². The van der Waals surface area contributed by atoms with E-state index in [1.54, 1.807) is 6.92 Å². The highest BCUT2D eigenvalue weighted by Gasteiger charge is 2.46. The van der Waals surface area contributed by atoms with Crippen molar-refractivity contribution in [2.75, 3.05) is 39.5 Å². The van der Waals surface area contributed by atoms with Crippen LogP contribution in [-0.2, 0) is 19.1 Å². The van der Waals surface area contributed by atoms with Gasteiger partial charge in [-0.05, 0) is 49.8 Å². The first kappa shape index (κ1) is 20.5. The van der Waals surface area contributed by atoms with Crippen LogP contribution < -0.4 is 14.8 Å². The molecule has 8 heteroatoms. The maximum absolute atomic E-state index is 12.9. The molecule has 0 unspecified atom stereocenters. The number of piperidine rings is 1.